The van der Waals surface area contributed by atoms with E-state index in [0.29, 0.717) is 10.6 Å². The lowest BCUT2D eigenvalue weighted by atomic mass is 10.1. The Morgan fingerprint density at radius 1 is 1.15 bits per heavy atom. The van der Waals surface area contributed by atoms with Crippen LogP contribution in [0.2, 0.25) is 5.02 Å². The normalized spacial score (nSPS) is 11.1. The molecule has 0 saturated heterocycles. The molecule has 0 spiro atoms. The molecule has 0 atom stereocenters. The Kier molecular flexibility index (Phi) is 8.08. The number of hydrogen-bond donors (Lipinski definition) is 0. The Balaban J connectivity index is 0.000000252. The predicted octanol–water partition coefficient (Wildman–Crippen LogP) is 7.09. The van der Waals surface area contributed by atoms with Gasteiger partial charge in [0.25, 0.3) is 0 Å². The van der Waals surface area contributed by atoms with Crippen molar-refractivity contribution in [1.82, 2.24) is 14.5 Å². The van der Waals surface area contributed by atoms with E-state index >= 15 is 0 Å². The molecule has 170 valence electrons. The van der Waals surface area contributed by atoms with Crippen LogP contribution in [-0.2, 0) is 17.6 Å². The lowest BCUT2D eigenvalue weighted by Crippen LogP contribution is -2.16. The second-order valence-electron chi connectivity index (χ2n) is 6.63. The first-order valence-electron chi connectivity index (χ1n) is 9.65. The highest BCUT2D eigenvalue weighted by Crippen LogP contribution is 2.43. The van der Waals surface area contributed by atoms with Gasteiger partial charge in [-0.3, -0.25) is 0 Å². The fourth-order valence-electron chi connectivity index (χ4n) is 3.11. The Labute approximate surface area is 201 Å². The standard InChI is InChI=1S/C15H11BrClF3N2O.C8H6N2/c1-2-23-8-22-13(9-3-5-10(17)6-4-9)11(7-21)12(16)14(22)15(18,19)20;1-2-4-8-7(3-1)5-9-6-10-8/h3-6H,2,8H2,1H3;1-6H. The summed E-state index contributed by atoms with van der Waals surface area (Å²) in [7, 11) is 0. The van der Waals surface area contributed by atoms with E-state index in [2.05, 4.69) is 25.9 Å². The van der Waals surface area contributed by atoms with Gasteiger partial charge in [-0.25, -0.2) is 9.97 Å². The highest BCUT2D eigenvalue weighted by atomic mass is 79.9. The van der Waals surface area contributed by atoms with Crippen molar-refractivity contribution in [2.75, 3.05) is 6.61 Å². The Morgan fingerprint density at radius 3 is 2.45 bits per heavy atom. The molecule has 33 heavy (non-hydrogen) atoms. The number of benzene rings is 2. The SMILES string of the molecule is CCOCn1c(-c2ccc(Cl)cc2)c(C#N)c(Br)c1C(F)(F)F.c1ccc2ncncc2c1. The summed E-state index contributed by atoms with van der Waals surface area (Å²) < 4.78 is 46.0. The van der Waals surface area contributed by atoms with Gasteiger partial charge in [0.05, 0.1) is 21.2 Å². The van der Waals surface area contributed by atoms with Crippen LogP contribution < -0.4 is 0 Å². The van der Waals surface area contributed by atoms with E-state index < -0.39 is 11.9 Å². The van der Waals surface area contributed by atoms with Crippen molar-refractivity contribution in [3.05, 3.63) is 81.8 Å². The largest absolute Gasteiger partial charge is 0.432 e. The number of fused-ring (bicyclic) bond motifs is 1. The molecular formula is C23H17BrClF3N4O. The van der Waals surface area contributed by atoms with Gasteiger partial charge in [0.1, 0.15) is 24.8 Å². The summed E-state index contributed by atoms with van der Waals surface area (Å²) in [6, 6.07) is 16.0. The fourth-order valence-corrected chi connectivity index (χ4v) is 3.95. The van der Waals surface area contributed by atoms with Crippen molar-refractivity contribution < 1.29 is 17.9 Å². The van der Waals surface area contributed by atoms with Crippen molar-refractivity contribution >= 4 is 38.4 Å². The number of alkyl halides is 3. The monoisotopic (exact) mass is 536 g/mol. The zero-order valence-electron chi connectivity index (χ0n) is 17.3. The molecule has 0 N–H and O–H groups in total. The molecule has 4 rings (SSSR count). The van der Waals surface area contributed by atoms with E-state index in [1.54, 1.807) is 37.5 Å². The zero-order chi connectivity index (χ0) is 24.0. The van der Waals surface area contributed by atoms with Crippen molar-refractivity contribution in [2.45, 2.75) is 19.8 Å². The molecule has 2 aromatic heterocycles. The molecule has 0 amide bonds. The van der Waals surface area contributed by atoms with Gasteiger partial charge in [-0.1, -0.05) is 41.9 Å². The molecule has 2 heterocycles. The summed E-state index contributed by atoms with van der Waals surface area (Å²) in [5.74, 6) is 0. The van der Waals surface area contributed by atoms with Gasteiger partial charge in [-0.05, 0) is 46.6 Å². The minimum Gasteiger partial charge on any atom is -0.361 e. The van der Waals surface area contributed by atoms with E-state index in [9.17, 15) is 18.4 Å². The number of para-hydroxylation sites is 1. The first kappa shape index (κ1) is 24.7. The zero-order valence-corrected chi connectivity index (χ0v) is 19.6. The van der Waals surface area contributed by atoms with Gasteiger partial charge in [-0.2, -0.15) is 18.4 Å². The average Bonchev–Trinajstić information content (AvgIpc) is 3.10. The van der Waals surface area contributed by atoms with Gasteiger partial charge in [0, 0.05) is 23.2 Å². The van der Waals surface area contributed by atoms with Crippen LogP contribution in [0.4, 0.5) is 13.2 Å². The van der Waals surface area contributed by atoms with Crippen LogP contribution >= 0.6 is 27.5 Å². The molecular weight excluding hydrogens is 521 g/mol. The summed E-state index contributed by atoms with van der Waals surface area (Å²) in [6.07, 6.45) is -1.27. The van der Waals surface area contributed by atoms with Crippen LogP contribution in [0.5, 0.6) is 0 Å². The fraction of sp³-hybridized carbons (Fsp3) is 0.174. The van der Waals surface area contributed by atoms with Gasteiger partial charge >= 0.3 is 6.18 Å². The van der Waals surface area contributed by atoms with Crippen molar-refractivity contribution in [3.63, 3.8) is 0 Å². The third-order valence-corrected chi connectivity index (χ3v) is 5.56. The molecule has 0 aliphatic carbocycles. The molecule has 10 heteroatoms. The molecule has 0 aliphatic heterocycles. The summed E-state index contributed by atoms with van der Waals surface area (Å²) in [5, 5.41) is 10.9. The highest BCUT2D eigenvalue weighted by molar-refractivity contribution is 9.10. The van der Waals surface area contributed by atoms with Crippen LogP contribution in [0, 0.1) is 11.3 Å². The van der Waals surface area contributed by atoms with Crippen LogP contribution in [0.15, 0.2) is 65.5 Å². The number of rotatable bonds is 4. The number of halogens is 5. The number of hydrogen-bond acceptors (Lipinski definition) is 4. The molecule has 2 aromatic carbocycles. The maximum absolute atomic E-state index is 13.4. The molecule has 0 saturated carbocycles. The molecule has 0 unspecified atom stereocenters. The maximum Gasteiger partial charge on any atom is 0.432 e. The molecule has 0 aliphatic rings. The van der Waals surface area contributed by atoms with E-state index in [-0.39, 0.29) is 29.1 Å². The second-order valence-corrected chi connectivity index (χ2v) is 7.86. The molecule has 0 fully saturated rings. The maximum atomic E-state index is 13.4. The summed E-state index contributed by atoms with van der Waals surface area (Å²) in [6.45, 7) is 1.61. The lowest BCUT2D eigenvalue weighted by Gasteiger charge is -2.15. The van der Waals surface area contributed by atoms with Crippen LogP contribution in [-0.4, -0.2) is 21.1 Å². The minimum atomic E-state index is -4.63. The van der Waals surface area contributed by atoms with Crippen LogP contribution in [0.25, 0.3) is 22.2 Å². The van der Waals surface area contributed by atoms with E-state index in [1.165, 1.54) is 0 Å². The third kappa shape index (κ3) is 5.71. The summed E-state index contributed by atoms with van der Waals surface area (Å²) in [5.41, 5.74) is 0.531. The quantitative estimate of drug-likeness (QED) is 0.279. The van der Waals surface area contributed by atoms with Crippen LogP contribution in [0.1, 0.15) is 18.2 Å². The van der Waals surface area contributed by atoms with E-state index in [0.717, 1.165) is 15.5 Å². The smallest absolute Gasteiger partial charge is 0.361 e. The van der Waals surface area contributed by atoms with Gasteiger partial charge in [-0.15, -0.1) is 0 Å². The van der Waals surface area contributed by atoms with E-state index in [1.807, 2.05) is 36.5 Å². The Morgan fingerprint density at radius 2 is 1.85 bits per heavy atom. The number of nitriles is 1. The van der Waals surface area contributed by atoms with Crippen LogP contribution in [0.3, 0.4) is 0 Å². The van der Waals surface area contributed by atoms with Gasteiger partial charge in [0.15, 0.2) is 0 Å². The predicted molar refractivity (Wildman–Crippen MR) is 123 cm³/mol. The third-order valence-electron chi connectivity index (χ3n) is 4.54. The summed E-state index contributed by atoms with van der Waals surface area (Å²) in [4.78, 5) is 7.97. The number of ether oxygens (including phenoxy) is 1. The lowest BCUT2D eigenvalue weighted by molar-refractivity contribution is -0.146. The topological polar surface area (TPSA) is 63.7 Å². The van der Waals surface area contributed by atoms with Crippen molar-refractivity contribution in [3.8, 4) is 17.3 Å². The molecule has 4 aromatic rings. The first-order valence-corrected chi connectivity index (χ1v) is 10.8. The molecule has 0 radical (unpaired) electrons. The number of aromatic nitrogens is 3. The first-order chi connectivity index (χ1) is 15.8. The molecule has 0 bridgehead atoms. The summed E-state index contributed by atoms with van der Waals surface area (Å²) >= 11 is 8.73. The Hall–Kier alpha value is -2.93. The van der Waals surface area contributed by atoms with Gasteiger partial charge < -0.3 is 9.30 Å². The molecule has 5 nitrogen and oxygen atoms in total. The average molecular weight is 538 g/mol. The van der Waals surface area contributed by atoms with Crippen molar-refractivity contribution in [2.24, 2.45) is 0 Å². The highest BCUT2D eigenvalue weighted by Gasteiger charge is 2.40. The van der Waals surface area contributed by atoms with Crippen molar-refractivity contribution in [1.29, 1.82) is 5.26 Å². The Bertz CT molecular complexity index is 1220. The number of nitrogens with zero attached hydrogens (tertiary/aromatic N) is 4. The minimum absolute atomic E-state index is 0.0978. The second kappa shape index (κ2) is 10.8. The van der Waals surface area contributed by atoms with E-state index in [4.69, 9.17) is 16.3 Å². The van der Waals surface area contributed by atoms with Gasteiger partial charge in [0.2, 0.25) is 0 Å².